The number of nitrogens with one attached hydrogen (secondary N) is 1. The molecule has 0 spiro atoms. The molecule has 0 bridgehead atoms. The van der Waals surface area contributed by atoms with E-state index in [0.29, 0.717) is 19.6 Å². The van der Waals surface area contributed by atoms with E-state index in [1.54, 1.807) is 11.8 Å². The smallest absolute Gasteiger partial charge is 0.234 e. The molecule has 0 saturated carbocycles. The van der Waals surface area contributed by atoms with Crippen LogP contribution in [0.5, 0.6) is 0 Å². The van der Waals surface area contributed by atoms with Gasteiger partial charge in [0.1, 0.15) is 0 Å². The van der Waals surface area contributed by atoms with E-state index in [9.17, 15) is 9.90 Å². The molecule has 4 nitrogen and oxygen atoms in total. The number of hydrogen-bond donors (Lipinski definition) is 2. The standard InChI is InChI=1S/C15H22N2O2S/c1-12-2-4-14(5-3-12)20-9-7-16-15(19)11-17-8-6-13(18)10-17/h2-5,13,18H,6-11H2,1H3,(H,16,19)/t13-/m0/s1. The fourth-order valence-corrected chi connectivity index (χ4v) is 2.98. The maximum atomic E-state index is 11.7. The number of amides is 1. The Morgan fingerprint density at radius 1 is 1.45 bits per heavy atom. The minimum atomic E-state index is -0.264. The Morgan fingerprint density at radius 2 is 2.20 bits per heavy atom. The first kappa shape index (κ1) is 15.4. The van der Waals surface area contributed by atoms with Gasteiger partial charge in [-0.3, -0.25) is 9.69 Å². The molecule has 5 heteroatoms. The van der Waals surface area contributed by atoms with Crippen molar-refractivity contribution >= 4 is 17.7 Å². The van der Waals surface area contributed by atoms with Crippen molar-refractivity contribution in [1.82, 2.24) is 10.2 Å². The fourth-order valence-electron chi connectivity index (χ4n) is 2.21. The minimum absolute atomic E-state index is 0.0450. The Balaban J connectivity index is 1.58. The third-order valence-electron chi connectivity index (χ3n) is 3.33. The highest BCUT2D eigenvalue weighted by Gasteiger charge is 2.21. The van der Waals surface area contributed by atoms with E-state index in [-0.39, 0.29) is 12.0 Å². The number of aryl methyl sites for hydroxylation is 1. The van der Waals surface area contributed by atoms with E-state index in [2.05, 4.69) is 36.5 Å². The number of rotatable bonds is 6. The first-order valence-electron chi connectivity index (χ1n) is 7.00. The second-order valence-electron chi connectivity index (χ2n) is 5.19. The molecule has 0 aliphatic carbocycles. The third kappa shape index (κ3) is 5.15. The van der Waals surface area contributed by atoms with Crippen LogP contribution in [0.3, 0.4) is 0 Å². The first-order chi connectivity index (χ1) is 9.63. The molecule has 2 rings (SSSR count). The number of aliphatic hydroxyl groups excluding tert-OH is 1. The van der Waals surface area contributed by atoms with Crippen LogP contribution in [0.25, 0.3) is 0 Å². The molecule has 1 aromatic rings. The lowest BCUT2D eigenvalue weighted by molar-refractivity contribution is -0.121. The van der Waals surface area contributed by atoms with Gasteiger partial charge in [-0.05, 0) is 25.5 Å². The quantitative estimate of drug-likeness (QED) is 0.613. The third-order valence-corrected chi connectivity index (χ3v) is 4.34. The summed E-state index contributed by atoms with van der Waals surface area (Å²) < 4.78 is 0. The summed E-state index contributed by atoms with van der Waals surface area (Å²) in [5, 5.41) is 12.3. The average Bonchev–Trinajstić information content (AvgIpc) is 2.82. The van der Waals surface area contributed by atoms with Crippen LogP contribution in [0.15, 0.2) is 29.2 Å². The number of nitrogens with zero attached hydrogens (tertiary/aromatic N) is 1. The second kappa shape index (κ2) is 7.67. The first-order valence-corrected chi connectivity index (χ1v) is 7.98. The highest BCUT2D eigenvalue weighted by Crippen LogP contribution is 2.17. The Morgan fingerprint density at radius 3 is 2.85 bits per heavy atom. The van der Waals surface area contributed by atoms with Crippen molar-refractivity contribution in [3.05, 3.63) is 29.8 Å². The van der Waals surface area contributed by atoms with Crippen molar-refractivity contribution in [3.63, 3.8) is 0 Å². The van der Waals surface area contributed by atoms with Crippen LogP contribution >= 0.6 is 11.8 Å². The maximum absolute atomic E-state index is 11.7. The molecular formula is C15H22N2O2S. The van der Waals surface area contributed by atoms with Gasteiger partial charge in [0.25, 0.3) is 0 Å². The van der Waals surface area contributed by atoms with Crippen LogP contribution in [-0.4, -0.2) is 53.9 Å². The topological polar surface area (TPSA) is 52.6 Å². The van der Waals surface area contributed by atoms with E-state index < -0.39 is 0 Å². The molecule has 1 aliphatic heterocycles. The lowest BCUT2D eigenvalue weighted by atomic mass is 10.2. The molecule has 0 radical (unpaired) electrons. The van der Waals surface area contributed by atoms with Gasteiger partial charge in [0, 0.05) is 30.3 Å². The summed E-state index contributed by atoms with van der Waals surface area (Å²) in [5.41, 5.74) is 1.26. The van der Waals surface area contributed by atoms with E-state index >= 15 is 0 Å². The highest BCUT2D eigenvalue weighted by atomic mass is 32.2. The normalized spacial score (nSPS) is 19.2. The Kier molecular flexibility index (Phi) is 5.88. The summed E-state index contributed by atoms with van der Waals surface area (Å²) >= 11 is 1.75. The molecule has 1 atom stereocenters. The molecule has 2 N–H and O–H groups in total. The summed E-state index contributed by atoms with van der Waals surface area (Å²) in [6.07, 6.45) is 0.510. The van der Waals surface area contributed by atoms with Gasteiger partial charge in [-0.25, -0.2) is 0 Å². The van der Waals surface area contributed by atoms with Crippen LogP contribution < -0.4 is 5.32 Å². The lowest BCUT2D eigenvalue weighted by Crippen LogP contribution is -2.37. The Hall–Kier alpha value is -1.04. The molecule has 20 heavy (non-hydrogen) atoms. The van der Waals surface area contributed by atoms with Crippen LogP contribution in [0, 0.1) is 6.92 Å². The molecular weight excluding hydrogens is 272 g/mol. The van der Waals surface area contributed by atoms with Crippen molar-refractivity contribution in [2.75, 3.05) is 31.9 Å². The SMILES string of the molecule is Cc1ccc(SCCNC(=O)CN2CC[C@H](O)C2)cc1. The molecule has 1 aliphatic rings. The zero-order valence-corrected chi connectivity index (χ0v) is 12.7. The molecule has 1 fully saturated rings. The van der Waals surface area contributed by atoms with Crippen molar-refractivity contribution in [3.8, 4) is 0 Å². The number of aliphatic hydroxyl groups is 1. The molecule has 0 unspecified atom stereocenters. The summed E-state index contributed by atoms with van der Waals surface area (Å²) in [5.74, 6) is 0.917. The van der Waals surface area contributed by atoms with Crippen LogP contribution in [-0.2, 0) is 4.79 Å². The minimum Gasteiger partial charge on any atom is -0.392 e. The number of thioether (sulfide) groups is 1. The molecule has 1 saturated heterocycles. The Bertz CT molecular complexity index is 436. The summed E-state index contributed by atoms with van der Waals surface area (Å²) in [7, 11) is 0. The van der Waals surface area contributed by atoms with Gasteiger partial charge >= 0.3 is 0 Å². The Labute approximate surface area is 124 Å². The van der Waals surface area contributed by atoms with Crippen LogP contribution in [0.2, 0.25) is 0 Å². The van der Waals surface area contributed by atoms with Gasteiger partial charge in [0.05, 0.1) is 12.6 Å². The van der Waals surface area contributed by atoms with Crippen molar-refractivity contribution in [2.45, 2.75) is 24.3 Å². The largest absolute Gasteiger partial charge is 0.392 e. The van der Waals surface area contributed by atoms with E-state index in [0.717, 1.165) is 18.7 Å². The van der Waals surface area contributed by atoms with Crippen molar-refractivity contribution in [2.24, 2.45) is 0 Å². The highest BCUT2D eigenvalue weighted by molar-refractivity contribution is 7.99. The maximum Gasteiger partial charge on any atom is 0.234 e. The van der Waals surface area contributed by atoms with Gasteiger partial charge < -0.3 is 10.4 Å². The summed E-state index contributed by atoms with van der Waals surface area (Å²) in [4.78, 5) is 14.9. The summed E-state index contributed by atoms with van der Waals surface area (Å²) in [6.45, 7) is 4.57. The van der Waals surface area contributed by atoms with E-state index in [4.69, 9.17) is 0 Å². The van der Waals surface area contributed by atoms with E-state index in [1.165, 1.54) is 10.5 Å². The van der Waals surface area contributed by atoms with Gasteiger partial charge in [-0.2, -0.15) is 0 Å². The monoisotopic (exact) mass is 294 g/mol. The number of carbonyl (C=O) groups is 1. The number of likely N-dealkylation sites (tertiary alicyclic amines) is 1. The lowest BCUT2D eigenvalue weighted by Gasteiger charge is -2.14. The van der Waals surface area contributed by atoms with Gasteiger partial charge in [-0.15, -0.1) is 11.8 Å². The zero-order chi connectivity index (χ0) is 14.4. The molecule has 1 amide bonds. The van der Waals surface area contributed by atoms with E-state index in [1.807, 2.05) is 4.90 Å². The van der Waals surface area contributed by atoms with Gasteiger partial charge in [0.2, 0.25) is 5.91 Å². The van der Waals surface area contributed by atoms with Crippen LogP contribution in [0.1, 0.15) is 12.0 Å². The fraction of sp³-hybridized carbons (Fsp3) is 0.533. The van der Waals surface area contributed by atoms with Gasteiger partial charge in [-0.1, -0.05) is 17.7 Å². The molecule has 110 valence electrons. The average molecular weight is 294 g/mol. The summed E-state index contributed by atoms with van der Waals surface area (Å²) in [6, 6.07) is 8.40. The molecule has 1 heterocycles. The number of β-amino-alcohol motifs (C(OH)–C–C–N with tert-alkyl or cyclic N) is 1. The number of benzene rings is 1. The molecule has 0 aromatic heterocycles. The van der Waals surface area contributed by atoms with Crippen LogP contribution in [0.4, 0.5) is 0 Å². The predicted octanol–water partition coefficient (Wildman–Crippen LogP) is 1.27. The van der Waals surface area contributed by atoms with Crippen molar-refractivity contribution < 1.29 is 9.90 Å². The molecule has 1 aromatic carbocycles. The van der Waals surface area contributed by atoms with Crippen molar-refractivity contribution in [1.29, 1.82) is 0 Å². The predicted molar refractivity (Wildman–Crippen MR) is 82.0 cm³/mol. The zero-order valence-electron chi connectivity index (χ0n) is 11.8. The van der Waals surface area contributed by atoms with Gasteiger partial charge in [0.15, 0.2) is 0 Å². The second-order valence-corrected chi connectivity index (χ2v) is 6.36. The number of hydrogen-bond acceptors (Lipinski definition) is 4. The number of carbonyl (C=O) groups excluding carboxylic acids is 1.